The molecule has 0 heterocycles. The highest BCUT2D eigenvalue weighted by atomic mass is 79.9. The molecule has 0 saturated carbocycles. The molecular weight excluding hydrogens is 350 g/mol. The Bertz CT molecular complexity index is 601. The molecule has 0 aromatic heterocycles. The lowest BCUT2D eigenvalue weighted by atomic mass is 10.2. The maximum absolute atomic E-state index is 6.30. The monoisotopic (exact) mass is 367 g/mol. The normalized spacial score (nSPS) is 10.9. The average Bonchev–Trinajstić information content (AvgIpc) is 2.41. The number of ether oxygens (including phenoxy) is 1. The first-order chi connectivity index (χ1) is 10.0. The van der Waals surface area contributed by atoms with E-state index in [2.05, 4.69) is 35.1 Å². The van der Waals surface area contributed by atoms with E-state index < -0.39 is 0 Å². The summed E-state index contributed by atoms with van der Waals surface area (Å²) in [4.78, 5) is 0. The Balaban J connectivity index is 2.02. The molecule has 0 radical (unpaired) electrons. The Morgan fingerprint density at radius 2 is 2.00 bits per heavy atom. The molecule has 0 fully saturated rings. The van der Waals surface area contributed by atoms with Gasteiger partial charge in [-0.05, 0) is 48.4 Å². The van der Waals surface area contributed by atoms with E-state index in [-0.39, 0.29) is 0 Å². The molecule has 0 bridgehead atoms. The Kier molecular flexibility index (Phi) is 6.09. The molecule has 1 N–H and O–H groups in total. The summed E-state index contributed by atoms with van der Waals surface area (Å²) in [6.45, 7) is 6.19. The van der Waals surface area contributed by atoms with Gasteiger partial charge in [-0.1, -0.05) is 53.5 Å². The Labute approximate surface area is 139 Å². The molecule has 112 valence electrons. The van der Waals surface area contributed by atoms with Crippen molar-refractivity contribution in [3.8, 4) is 11.5 Å². The summed E-state index contributed by atoms with van der Waals surface area (Å²) < 4.78 is 6.78. The van der Waals surface area contributed by atoms with E-state index >= 15 is 0 Å². The summed E-state index contributed by atoms with van der Waals surface area (Å²) in [7, 11) is 0. The van der Waals surface area contributed by atoms with Gasteiger partial charge in [0.05, 0.1) is 5.02 Å². The zero-order chi connectivity index (χ0) is 15.2. The van der Waals surface area contributed by atoms with Crippen LogP contribution in [0, 0.1) is 5.92 Å². The number of halogens is 2. The predicted molar refractivity (Wildman–Crippen MR) is 92.2 cm³/mol. The molecule has 0 aliphatic carbocycles. The molecule has 2 nitrogen and oxygen atoms in total. The van der Waals surface area contributed by atoms with Crippen molar-refractivity contribution in [3.63, 3.8) is 0 Å². The largest absolute Gasteiger partial charge is 0.456 e. The van der Waals surface area contributed by atoms with Gasteiger partial charge in [-0.25, -0.2) is 0 Å². The molecule has 2 rings (SSSR count). The van der Waals surface area contributed by atoms with Crippen molar-refractivity contribution in [2.24, 2.45) is 5.92 Å². The van der Waals surface area contributed by atoms with Crippen molar-refractivity contribution in [1.82, 2.24) is 5.32 Å². The fraction of sp³-hybridized carbons (Fsp3) is 0.294. The van der Waals surface area contributed by atoms with Gasteiger partial charge in [0, 0.05) is 11.0 Å². The van der Waals surface area contributed by atoms with Gasteiger partial charge in [-0.3, -0.25) is 0 Å². The second-order valence-electron chi connectivity index (χ2n) is 5.35. The van der Waals surface area contributed by atoms with Gasteiger partial charge in [-0.15, -0.1) is 0 Å². The van der Waals surface area contributed by atoms with Crippen molar-refractivity contribution >= 4 is 27.5 Å². The number of benzene rings is 2. The lowest BCUT2D eigenvalue weighted by Crippen LogP contribution is -2.18. The first-order valence-corrected chi connectivity index (χ1v) is 8.14. The molecule has 0 saturated heterocycles. The van der Waals surface area contributed by atoms with Gasteiger partial charge in [0.1, 0.15) is 11.5 Å². The zero-order valence-corrected chi connectivity index (χ0v) is 14.5. The second kappa shape index (κ2) is 7.83. The van der Waals surface area contributed by atoms with Crippen LogP contribution in [0.2, 0.25) is 5.02 Å². The molecule has 0 unspecified atom stereocenters. The summed E-state index contributed by atoms with van der Waals surface area (Å²) >= 11 is 9.72. The molecule has 2 aromatic rings. The SMILES string of the molecule is CC(C)CNCc1ccc(Oc2cccc(Br)c2)c(Cl)c1. The van der Waals surface area contributed by atoms with E-state index in [1.54, 1.807) is 0 Å². The molecule has 0 aliphatic rings. The number of nitrogens with one attached hydrogen (secondary N) is 1. The first kappa shape index (κ1) is 16.3. The highest BCUT2D eigenvalue weighted by Gasteiger charge is 2.05. The van der Waals surface area contributed by atoms with Crippen LogP contribution in [0.3, 0.4) is 0 Å². The maximum Gasteiger partial charge on any atom is 0.146 e. The second-order valence-corrected chi connectivity index (χ2v) is 6.67. The zero-order valence-electron chi connectivity index (χ0n) is 12.2. The van der Waals surface area contributed by atoms with Crippen LogP contribution in [0.5, 0.6) is 11.5 Å². The highest BCUT2D eigenvalue weighted by molar-refractivity contribution is 9.10. The average molecular weight is 369 g/mol. The van der Waals surface area contributed by atoms with E-state index in [9.17, 15) is 0 Å². The minimum absolute atomic E-state index is 0.624. The maximum atomic E-state index is 6.30. The Hall–Kier alpha value is -1.03. The van der Waals surface area contributed by atoms with E-state index in [1.807, 2.05) is 42.5 Å². The van der Waals surface area contributed by atoms with Crippen molar-refractivity contribution in [2.75, 3.05) is 6.54 Å². The summed E-state index contributed by atoms with van der Waals surface area (Å²) in [6.07, 6.45) is 0. The van der Waals surface area contributed by atoms with Crippen LogP contribution in [0.15, 0.2) is 46.9 Å². The molecule has 0 spiro atoms. The van der Waals surface area contributed by atoms with Crippen LogP contribution < -0.4 is 10.1 Å². The minimum Gasteiger partial charge on any atom is -0.456 e. The van der Waals surface area contributed by atoms with Crippen LogP contribution in [0.4, 0.5) is 0 Å². The van der Waals surface area contributed by atoms with Crippen LogP contribution >= 0.6 is 27.5 Å². The van der Waals surface area contributed by atoms with Crippen molar-refractivity contribution < 1.29 is 4.74 Å². The summed E-state index contributed by atoms with van der Waals surface area (Å²) in [6, 6.07) is 13.6. The predicted octanol–water partition coefficient (Wildman–Crippen LogP) is 5.64. The lowest BCUT2D eigenvalue weighted by Gasteiger charge is -2.11. The highest BCUT2D eigenvalue weighted by Crippen LogP contribution is 2.31. The molecule has 0 amide bonds. The molecular formula is C17H19BrClNO. The fourth-order valence-corrected chi connectivity index (χ4v) is 2.52. The number of rotatable bonds is 6. The standard InChI is InChI=1S/C17H19BrClNO/c1-12(2)10-20-11-13-6-7-17(16(19)8-13)21-15-5-3-4-14(18)9-15/h3-9,12,20H,10-11H2,1-2H3. The quantitative estimate of drug-likeness (QED) is 0.712. The van der Waals surface area contributed by atoms with Gasteiger partial charge in [0.15, 0.2) is 0 Å². The van der Waals surface area contributed by atoms with E-state index in [1.165, 1.54) is 0 Å². The van der Waals surface area contributed by atoms with Crippen LogP contribution in [0.1, 0.15) is 19.4 Å². The van der Waals surface area contributed by atoms with E-state index in [0.29, 0.717) is 16.7 Å². The van der Waals surface area contributed by atoms with Gasteiger partial charge < -0.3 is 10.1 Å². The third-order valence-electron chi connectivity index (χ3n) is 2.90. The number of hydrogen-bond acceptors (Lipinski definition) is 2. The van der Waals surface area contributed by atoms with Crippen LogP contribution in [0.25, 0.3) is 0 Å². The van der Waals surface area contributed by atoms with Crippen molar-refractivity contribution in [1.29, 1.82) is 0 Å². The van der Waals surface area contributed by atoms with Gasteiger partial charge in [-0.2, -0.15) is 0 Å². The summed E-state index contributed by atoms with van der Waals surface area (Å²) in [5.74, 6) is 2.07. The van der Waals surface area contributed by atoms with Crippen LogP contribution in [-0.2, 0) is 6.54 Å². The first-order valence-electron chi connectivity index (χ1n) is 6.97. The lowest BCUT2D eigenvalue weighted by molar-refractivity contribution is 0.482. The van der Waals surface area contributed by atoms with Gasteiger partial charge >= 0.3 is 0 Å². The third-order valence-corrected chi connectivity index (χ3v) is 3.69. The summed E-state index contributed by atoms with van der Waals surface area (Å²) in [5, 5.41) is 4.02. The van der Waals surface area contributed by atoms with E-state index in [0.717, 1.165) is 28.9 Å². The third kappa shape index (κ3) is 5.34. The van der Waals surface area contributed by atoms with Gasteiger partial charge in [0.2, 0.25) is 0 Å². The molecule has 0 atom stereocenters. The smallest absolute Gasteiger partial charge is 0.146 e. The van der Waals surface area contributed by atoms with Crippen molar-refractivity contribution in [2.45, 2.75) is 20.4 Å². The molecule has 0 aliphatic heterocycles. The van der Waals surface area contributed by atoms with E-state index in [4.69, 9.17) is 16.3 Å². The molecule has 2 aromatic carbocycles. The van der Waals surface area contributed by atoms with Gasteiger partial charge in [0.25, 0.3) is 0 Å². The summed E-state index contributed by atoms with van der Waals surface area (Å²) in [5.41, 5.74) is 1.15. The fourth-order valence-electron chi connectivity index (χ4n) is 1.90. The van der Waals surface area contributed by atoms with Crippen LogP contribution in [-0.4, -0.2) is 6.54 Å². The Morgan fingerprint density at radius 3 is 2.67 bits per heavy atom. The molecule has 4 heteroatoms. The van der Waals surface area contributed by atoms with Crippen molar-refractivity contribution in [3.05, 3.63) is 57.5 Å². The minimum atomic E-state index is 0.624. The Morgan fingerprint density at radius 1 is 1.19 bits per heavy atom. The molecule has 21 heavy (non-hydrogen) atoms. The number of hydrogen-bond donors (Lipinski definition) is 1. The topological polar surface area (TPSA) is 21.3 Å².